The van der Waals surface area contributed by atoms with E-state index in [1.54, 1.807) is 48.5 Å². The molecule has 3 aromatic rings. The molecule has 1 N–H and O–H groups in total. The average Bonchev–Trinajstić information content (AvgIpc) is 2.69. The Hall–Kier alpha value is -2.90. The maximum atomic E-state index is 13.2. The second-order valence-electron chi connectivity index (χ2n) is 6.33. The first-order valence-corrected chi connectivity index (χ1v) is 10.5. The summed E-state index contributed by atoms with van der Waals surface area (Å²) >= 11 is 6.15. The zero-order valence-electron chi connectivity index (χ0n) is 15.5. The molecule has 8 heteroatoms. The van der Waals surface area contributed by atoms with Crippen molar-refractivity contribution in [3.63, 3.8) is 0 Å². The van der Waals surface area contributed by atoms with Crippen molar-refractivity contribution in [2.24, 2.45) is 0 Å². The Morgan fingerprint density at radius 1 is 1.03 bits per heavy atom. The first kappa shape index (κ1) is 20.8. The fraction of sp³-hybridized carbons (Fsp3) is 0.0952. The highest BCUT2D eigenvalue weighted by atomic mass is 35.5. The molecule has 150 valence electrons. The summed E-state index contributed by atoms with van der Waals surface area (Å²) in [4.78, 5) is 12.5. The molecule has 0 atom stereocenters. The van der Waals surface area contributed by atoms with Gasteiger partial charge in [-0.1, -0.05) is 35.9 Å². The molecule has 0 spiro atoms. The van der Waals surface area contributed by atoms with Gasteiger partial charge in [-0.2, -0.15) is 0 Å². The van der Waals surface area contributed by atoms with Crippen molar-refractivity contribution < 1.29 is 17.6 Å². The normalized spacial score (nSPS) is 11.1. The number of halogens is 2. The molecule has 0 aliphatic heterocycles. The number of nitrogens with one attached hydrogen (secondary N) is 1. The van der Waals surface area contributed by atoms with Crippen LogP contribution in [0, 0.1) is 12.7 Å². The third-order valence-electron chi connectivity index (χ3n) is 4.13. The van der Waals surface area contributed by atoms with Crippen LogP contribution < -0.4 is 9.62 Å². The zero-order chi connectivity index (χ0) is 21.0. The molecule has 29 heavy (non-hydrogen) atoms. The van der Waals surface area contributed by atoms with Gasteiger partial charge >= 0.3 is 0 Å². The van der Waals surface area contributed by atoms with Gasteiger partial charge in [-0.05, 0) is 61.0 Å². The number of hydrogen-bond acceptors (Lipinski definition) is 3. The van der Waals surface area contributed by atoms with E-state index in [9.17, 15) is 17.6 Å². The Labute approximate surface area is 173 Å². The Morgan fingerprint density at radius 3 is 2.31 bits per heavy atom. The van der Waals surface area contributed by atoms with Crippen LogP contribution in [0.2, 0.25) is 5.02 Å². The minimum absolute atomic E-state index is 0.121. The third-order valence-corrected chi connectivity index (χ3v) is 6.23. The second kappa shape index (κ2) is 8.63. The number of sulfonamides is 1. The summed E-state index contributed by atoms with van der Waals surface area (Å²) in [6.45, 7) is 1.39. The fourth-order valence-electron chi connectivity index (χ4n) is 2.68. The van der Waals surface area contributed by atoms with Crippen LogP contribution in [0.1, 0.15) is 5.56 Å². The molecule has 0 aromatic heterocycles. The second-order valence-corrected chi connectivity index (χ2v) is 8.60. The molecular weight excluding hydrogens is 415 g/mol. The van der Waals surface area contributed by atoms with Crippen molar-refractivity contribution in [1.29, 1.82) is 0 Å². The van der Waals surface area contributed by atoms with E-state index in [-0.39, 0.29) is 4.90 Å². The standard InChI is InChI=1S/C21H18ClFN2O3S/c1-15-7-12-20(19(22)13-15)24-21(26)14-25(17-5-3-2-4-6-17)29(27,28)18-10-8-16(23)9-11-18/h2-13H,14H2,1H3,(H,24,26). The van der Waals surface area contributed by atoms with Crippen LogP contribution in [-0.2, 0) is 14.8 Å². The number of aryl methyl sites for hydroxylation is 1. The molecule has 0 saturated heterocycles. The lowest BCUT2D eigenvalue weighted by molar-refractivity contribution is -0.114. The van der Waals surface area contributed by atoms with Crippen molar-refractivity contribution in [3.05, 3.63) is 89.2 Å². The molecule has 3 aromatic carbocycles. The predicted octanol–water partition coefficient (Wildman–Crippen LogP) is 4.62. The molecule has 0 radical (unpaired) electrons. The van der Waals surface area contributed by atoms with Crippen LogP contribution in [0.3, 0.4) is 0 Å². The Balaban J connectivity index is 1.92. The van der Waals surface area contributed by atoms with E-state index in [1.165, 1.54) is 0 Å². The van der Waals surface area contributed by atoms with Gasteiger partial charge in [-0.3, -0.25) is 9.10 Å². The minimum atomic E-state index is -4.10. The Bertz CT molecular complexity index is 1120. The van der Waals surface area contributed by atoms with E-state index in [4.69, 9.17) is 11.6 Å². The van der Waals surface area contributed by atoms with Crippen LogP contribution in [0.25, 0.3) is 0 Å². The quantitative estimate of drug-likeness (QED) is 0.618. The van der Waals surface area contributed by atoms with E-state index < -0.39 is 28.3 Å². The summed E-state index contributed by atoms with van der Waals surface area (Å²) in [5.74, 6) is -1.12. The average molecular weight is 433 g/mol. The van der Waals surface area contributed by atoms with Crippen molar-refractivity contribution in [2.45, 2.75) is 11.8 Å². The summed E-state index contributed by atoms with van der Waals surface area (Å²) in [6.07, 6.45) is 0. The number of amides is 1. The minimum Gasteiger partial charge on any atom is -0.323 e. The maximum absolute atomic E-state index is 13.2. The summed E-state index contributed by atoms with van der Waals surface area (Å²) in [6, 6.07) is 17.8. The van der Waals surface area contributed by atoms with Gasteiger partial charge in [-0.15, -0.1) is 0 Å². The summed E-state index contributed by atoms with van der Waals surface area (Å²) in [5, 5.41) is 2.99. The molecule has 3 rings (SSSR count). The molecule has 0 fully saturated rings. The predicted molar refractivity (Wildman–Crippen MR) is 112 cm³/mol. The van der Waals surface area contributed by atoms with E-state index in [0.29, 0.717) is 16.4 Å². The van der Waals surface area contributed by atoms with Crippen molar-refractivity contribution in [2.75, 3.05) is 16.2 Å². The van der Waals surface area contributed by atoms with Gasteiger partial charge in [0.05, 0.1) is 21.3 Å². The number of carbonyl (C=O) groups excluding carboxylic acids is 1. The van der Waals surface area contributed by atoms with Crippen molar-refractivity contribution >= 4 is 38.9 Å². The Kier molecular flexibility index (Phi) is 6.20. The van der Waals surface area contributed by atoms with Crippen LogP contribution >= 0.6 is 11.6 Å². The molecule has 0 aliphatic carbocycles. The number of nitrogens with zero attached hydrogens (tertiary/aromatic N) is 1. The topological polar surface area (TPSA) is 66.5 Å². The van der Waals surface area contributed by atoms with Crippen LogP contribution in [0.15, 0.2) is 77.7 Å². The molecule has 0 aliphatic rings. The van der Waals surface area contributed by atoms with Crippen molar-refractivity contribution in [3.8, 4) is 0 Å². The highest BCUT2D eigenvalue weighted by molar-refractivity contribution is 7.92. The van der Waals surface area contributed by atoms with E-state index in [0.717, 1.165) is 34.1 Å². The highest BCUT2D eigenvalue weighted by Crippen LogP contribution is 2.25. The van der Waals surface area contributed by atoms with Crippen LogP contribution in [0.5, 0.6) is 0 Å². The summed E-state index contributed by atoms with van der Waals surface area (Å²) < 4.78 is 40.5. The number of rotatable bonds is 6. The molecule has 5 nitrogen and oxygen atoms in total. The lowest BCUT2D eigenvalue weighted by Crippen LogP contribution is -2.38. The monoisotopic (exact) mass is 432 g/mol. The van der Waals surface area contributed by atoms with Gasteiger partial charge in [0.1, 0.15) is 12.4 Å². The van der Waals surface area contributed by atoms with E-state index in [1.807, 2.05) is 6.92 Å². The number of carbonyl (C=O) groups is 1. The fourth-order valence-corrected chi connectivity index (χ4v) is 4.39. The number of hydrogen-bond donors (Lipinski definition) is 1. The third kappa shape index (κ3) is 4.93. The number of anilines is 2. The van der Waals surface area contributed by atoms with Gasteiger partial charge in [0.2, 0.25) is 5.91 Å². The van der Waals surface area contributed by atoms with E-state index in [2.05, 4.69) is 5.32 Å². The van der Waals surface area contributed by atoms with Gasteiger partial charge < -0.3 is 5.32 Å². The summed E-state index contributed by atoms with van der Waals surface area (Å²) in [5.41, 5.74) is 1.62. The molecule has 0 unspecified atom stereocenters. The molecule has 0 saturated carbocycles. The van der Waals surface area contributed by atoms with Crippen LogP contribution in [-0.4, -0.2) is 20.9 Å². The lowest BCUT2D eigenvalue weighted by Gasteiger charge is -2.24. The number of benzene rings is 3. The van der Waals surface area contributed by atoms with Gasteiger partial charge in [0.15, 0.2) is 0 Å². The Morgan fingerprint density at radius 2 is 1.69 bits per heavy atom. The molecular formula is C21H18ClFN2O3S. The van der Waals surface area contributed by atoms with E-state index >= 15 is 0 Å². The number of para-hydroxylation sites is 1. The zero-order valence-corrected chi connectivity index (χ0v) is 17.0. The van der Waals surface area contributed by atoms with Gasteiger partial charge in [0, 0.05) is 0 Å². The first-order chi connectivity index (χ1) is 13.8. The smallest absolute Gasteiger partial charge is 0.264 e. The first-order valence-electron chi connectivity index (χ1n) is 8.67. The summed E-state index contributed by atoms with van der Waals surface area (Å²) in [7, 11) is -4.10. The lowest BCUT2D eigenvalue weighted by atomic mass is 10.2. The van der Waals surface area contributed by atoms with Crippen LogP contribution in [0.4, 0.5) is 15.8 Å². The molecule has 0 heterocycles. The molecule has 1 amide bonds. The van der Waals surface area contributed by atoms with Crippen molar-refractivity contribution in [1.82, 2.24) is 0 Å². The largest absolute Gasteiger partial charge is 0.323 e. The molecule has 0 bridgehead atoms. The van der Waals surface area contributed by atoms with Gasteiger partial charge in [-0.25, -0.2) is 12.8 Å². The van der Waals surface area contributed by atoms with Gasteiger partial charge in [0.25, 0.3) is 10.0 Å². The SMILES string of the molecule is Cc1ccc(NC(=O)CN(c2ccccc2)S(=O)(=O)c2ccc(F)cc2)c(Cl)c1. The maximum Gasteiger partial charge on any atom is 0.264 e. The highest BCUT2D eigenvalue weighted by Gasteiger charge is 2.27.